The van der Waals surface area contributed by atoms with Gasteiger partial charge in [0.1, 0.15) is 5.60 Å². The van der Waals surface area contributed by atoms with Crippen LogP contribution in [0.4, 0.5) is 5.13 Å². The first-order chi connectivity index (χ1) is 6.77. The number of nitrogen functional groups attached to an aromatic ring is 1. The summed E-state index contributed by atoms with van der Waals surface area (Å²) in [6.45, 7) is 1.37. The maximum Gasteiger partial charge on any atom is 0.200 e. The summed E-state index contributed by atoms with van der Waals surface area (Å²) in [5, 5.41) is 0.489. The van der Waals surface area contributed by atoms with E-state index >= 15 is 0 Å². The SMILES string of the molecule is COC1(c2nsc(N)n2)CCOCC1. The van der Waals surface area contributed by atoms with Crippen molar-refractivity contribution in [3.8, 4) is 0 Å². The summed E-state index contributed by atoms with van der Waals surface area (Å²) in [5.41, 5.74) is 5.17. The molecule has 1 fully saturated rings. The molecule has 0 aliphatic carbocycles. The number of anilines is 1. The van der Waals surface area contributed by atoms with Crippen molar-refractivity contribution in [1.82, 2.24) is 9.36 Å². The maximum absolute atomic E-state index is 5.56. The molecule has 1 aliphatic heterocycles. The molecule has 14 heavy (non-hydrogen) atoms. The molecule has 1 aromatic heterocycles. The fourth-order valence-corrected chi connectivity index (χ4v) is 2.15. The van der Waals surface area contributed by atoms with E-state index in [9.17, 15) is 0 Å². The van der Waals surface area contributed by atoms with Gasteiger partial charge < -0.3 is 15.2 Å². The monoisotopic (exact) mass is 215 g/mol. The number of methoxy groups -OCH3 is 1. The van der Waals surface area contributed by atoms with Gasteiger partial charge in [-0.15, -0.1) is 0 Å². The van der Waals surface area contributed by atoms with Crippen LogP contribution in [-0.2, 0) is 15.1 Å². The van der Waals surface area contributed by atoms with Gasteiger partial charge in [0.15, 0.2) is 11.0 Å². The van der Waals surface area contributed by atoms with Crippen molar-refractivity contribution in [2.24, 2.45) is 0 Å². The molecule has 2 rings (SSSR count). The molecule has 0 unspecified atom stereocenters. The van der Waals surface area contributed by atoms with Crippen LogP contribution in [-0.4, -0.2) is 29.7 Å². The van der Waals surface area contributed by atoms with Gasteiger partial charge in [-0.1, -0.05) is 0 Å². The lowest BCUT2D eigenvalue weighted by Gasteiger charge is -2.33. The Kier molecular flexibility index (Phi) is 2.66. The van der Waals surface area contributed by atoms with Crippen molar-refractivity contribution < 1.29 is 9.47 Å². The Balaban J connectivity index is 2.26. The van der Waals surface area contributed by atoms with Gasteiger partial charge >= 0.3 is 0 Å². The second kappa shape index (κ2) is 3.80. The van der Waals surface area contributed by atoms with Crippen LogP contribution < -0.4 is 5.73 Å². The van der Waals surface area contributed by atoms with E-state index in [-0.39, 0.29) is 5.60 Å². The molecule has 0 atom stereocenters. The minimum atomic E-state index is -0.383. The quantitative estimate of drug-likeness (QED) is 0.789. The lowest BCUT2D eigenvalue weighted by Crippen LogP contribution is -2.36. The molecule has 78 valence electrons. The predicted octanol–water partition coefficient (Wildman–Crippen LogP) is 0.772. The second-order valence-corrected chi connectivity index (χ2v) is 4.05. The smallest absolute Gasteiger partial charge is 0.200 e. The fourth-order valence-electron chi connectivity index (χ4n) is 1.64. The molecule has 2 N–H and O–H groups in total. The molecule has 1 aliphatic rings. The summed E-state index contributed by atoms with van der Waals surface area (Å²) in [4.78, 5) is 4.18. The average molecular weight is 215 g/mol. The Morgan fingerprint density at radius 3 is 2.71 bits per heavy atom. The number of hydrogen-bond acceptors (Lipinski definition) is 6. The first-order valence-electron chi connectivity index (χ1n) is 4.49. The Bertz CT molecular complexity index is 309. The standard InChI is InChI=1S/C8H13N3O2S/c1-12-8(2-4-13-5-3-8)6-10-7(9)14-11-6/h2-5H2,1H3,(H2,9,10,11). The van der Waals surface area contributed by atoms with Gasteiger partial charge in [0.25, 0.3) is 0 Å². The Morgan fingerprint density at radius 2 is 2.21 bits per heavy atom. The van der Waals surface area contributed by atoms with Crippen LogP contribution in [0.25, 0.3) is 0 Å². The van der Waals surface area contributed by atoms with Crippen LogP contribution in [0.5, 0.6) is 0 Å². The van der Waals surface area contributed by atoms with Crippen LogP contribution in [0.3, 0.4) is 0 Å². The third kappa shape index (κ3) is 1.60. The number of rotatable bonds is 2. The molecule has 6 heteroatoms. The Hall–Kier alpha value is -0.720. The Morgan fingerprint density at radius 1 is 1.50 bits per heavy atom. The fraction of sp³-hybridized carbons (Fsp3) is 0.750. The third-order valence-electron chi connectivity index (χ3n) is 2.54. The maximum atomic E-state index is 5.56. The number of ether oxygens (including phenoxy) is 2. The molecule has 2 heterocycles. The largest absolute Gasteiger partial charge is 0.381 e. The van der Waals surface area contributed by atoms with Gasteiger partial charge in [0.2, 0.25) is 0 Å². The highest BCUT2D eigenvalue weighted by Gasteiger charge is 2.38. The lowest BCUT2D eigenvalue weighted by atomic mass is 9.93. The molecule has 0 radical (unpaired) electrons. The van der Waals surface area contributed by atoms with E-state index in [4.69, 9.17) is 15.2 Å². The summed E-state index contributed by atoms with van der Waals surface area (Å²) in [6, 6.07) is 0. The van der Waals surface area contributed by atoms with Crippen LogP contribution in [0.1, 0.15) is 18.7 Å². The number of nitrogens with two attached hydrogens (primary N) is 1. The van der Waals surface area contributed by atoms with Crippen molar-refractivity contribution in [3.05, 3.63) is 5.82 Å². The summed E-state index contributed by atoms with van der Waals surface area (Å²) in [5.74, 6) is 0.700. The van der Waals surface area contributed by atoms with E-state index in [0.717, 1.165) is 12.8 Å². The van der Waals surface area contributed by atoms with Gasteiger partial charge in [-0.05, 0) is 0 Å². The molecule has 0 bridgehead atoms. The molecule has 1 saturated heterocycles. The Labute approximate surface area is 86.4 Å². The predicted molar refractivity (Wildman–Crippen MR) is 53.1 cm³/mol. The van der Waals surface area contributed by atoms with Crippen LogP contribution >= 0.6 is 11.5 Å². The van der Waals surface area contributed by atoms with E-state index in [1.54, 1.807) is 7.11 Å². The summed E-state index contributed by atoms with van der Waals surface area (Å²) in [6.07, 6.45) is 1.58. The first-order valence-corrected chi connectivity index (χ1v) is 5.27. The normalized spacial score (nSPS) is 20.9. The minimum absolute atomic E-state index is 0.383. The van der Waals surface area contributed by atoms with Crippen LogP contribution in [0.15, 0.2) is 0 Å². The van der Waals surface area contributed by atoms with E-state index in [1.165, 1.54) is 11.5 Å². The van der Waals surface area contributed by atoms with Crippen molar-refractivity contribution >= 4 is 16.7 Å². The van der Waals surface area contributed by atoms with Crippen LogP contribution in [0.2, 0.25) is 0 Å². The summed E-state index contributed by atoms with van der Waals surface area (Å²) in [7, 11) is 1.68. The number of nitrogens with zero attached hydrogens (tertiary/aromatic N) is 2. The molecular weight excluding hydrogens is 202 g/mol. The zero-order chi connectivity index (χ0) is 10.0. The molecule has 0 saturated carbocycles. The summed E-state index contributed by atoms with van der Waals surface area (Å²) >= 11 is 1.21. The molecular formula is C8H13N3O2S. The highest BCUT2D eigenvalue weighted by atomic mass is 32.1. The molecule has 0 amide bonds. The second-order valence-electron chi connectivity index (χ2n) is 3.27. The van der Waals surface area contributed by atoms with Crippen molar-refractivity contribution in [2.45, 2.75) is 18.4 Å². The zero-order valence-corrected chi connectivity index (χ0v) is 8.84. The molecule has 5 nitrogen and oxygen atoms in total. The van der Waals surface area contributed by atoms with Gasteiger partial charge in [-0.25, -0.2) is 4.98 Å². The van der Waals surface area contributed by atoms with Crippen molar-refractivity contribution in [3.63, 3.8) is 0 Å². The van der Waals surface area contributed by atoms with Gasteiger partial charge in [0.05, 0.1) is 0 Å². The van der Waals surface area contributed by atoms with E-state index in [0.29, 0.717) is 24.2 Å². The van der Waals surface area contributed by atoms with Gasteiger partial charge in [-0.3, -0.25) is 0 Å². The van der Waals surface area contributed by atoms with Crippen molar-refractivity contribution in [2.75, 3.05) is 26.1 Å². The van der Waals surface area contributed by atoms with E-state index < -0.39 is 0 Å². The first kappa shape index (κ1) is 9.82. The highest BCUT2D eigenvalue weighted by molar-refractivity contribution is 7.09. The van der Waals surface area contributed by atoms with E-state index in [1.807, 2.05) is 0 Å². The molecule has 1 aromatic rings. The zero-order valence-electron chi connectivity index (χ0n) is 8.02. The average Bonchev–Trinajstić information content (AvgIpc) is 2.66. The third-order valence-corrected chi connectivity index (χ3v) is 3.08. The van der Waals surface area contributed by atoms with Crippen molar-refractivity contribution in [1.29, 1.82) is 0 Å². The molecule has 0 spiro atoms. The van der Waals surface area contributed by atoms with Gasteiger partial charge in [0, 0.05) is 44.7 Å². The van der Waals surface area contributed by atoms with Gasteiger partial charge in [-0.2, -0.15) is 4.37 Å². The van der Waals surface area contributed by atoms with E-state index in [2.05, 4.69) is 9.36 Å². The topological polar surface area (TPSA) is 70.3 Å². The minimum Gasteiger partial charge on any atom is -0.381 e. The highest BCUT2D eigenvalue weighted by Crippen LogP contribution is 2.34. The summed E-state index contributed by atoms with van der Waals surface area (Å²) < 4.78 is 15.0. The molecule has 0 aromatic carbocycles. The number of hydrogen-bond donors (Lipinski definition) is 1. The lowest BCUT2D eigenvalue weighted by molar-refractivity contribution is -0.0993. The van der Waals surface area contributed by atoms with Crippen LogP contribution in [0, 0.1) is 0 Å². The number of aromatic nitrogens is 2.